The molecule has 240 valence electrons. The van der Waals surface area contributed by atoms with Crippen molar-refractivity contribution in [1.29, 1.82) is 0 Å². The third-order valence-corrected chi connectivity index (χ3v) is 12.8. The van der Waals surface area contributed by atoms with Gasteiger partial charge in [-0.2, -0.15) is 0 Å². The number of aromatic nitrogens is 2. The molecule has 0 bridgehead atoms. The van der Waals surface area contributed by atoms with E-state index >= 15 is 0 Å². The molecule has 0 saturated heterocycles. The van der Waals surface area contributed by atoms with Crippen molar-refractivity contribution in [3.8, 4) is 33.5 Å². The summed E-state index contributed by atoms with van der Waals surface area (Å²) < 4.78 is 11.8. The van der Waals surface area contributed by atoms with Crippen LogP contribution < -0.4 is 10.6 Å². The van der Waals surface area contributed by atoms with Crippen LogP contribution in [0.2, 0.25) is 0 Å². The number of thiophene rings is 2. The van der Waals surface area contributed by atoms with Gasteiger partial charge in [-0.25, -0.2) is 9.97 Å². The molecule has 0 fully saturated rings. The Morgan fingerprint density at radius 2 is 1.12 bits per heavy atom. The average molecular weight is 689 g/mol. The van der Waals surface area contributed by atoms with Crippen LogP contribution in [0.5, 0.6) is 0 Å². The summed E-state index contributed by atoms with van der Waals surface area (Å²) in [6.07, 6.45) is 7.08. The van der Waals surface area contributed by atoms with Gasteiger partial charge < -0.3 is 4.42 Å². The van der Waals surface area contributed by atoms with Gasteiger partial charge in [0.2, 0.25) is 0 Å². The van der Waals surface area contributed by atoms with Crippen molar-refractivity contribution in [2.75, 3.05) is 0 Å². The fraction of sp³-hybridized carbons (Fsp3) is 0.0435. The largest absolute Gasteiger partial charge is 0.452 e. The summed E-state index contributed by atoms with van der Waals surface area (Å²) in [6, 6.07) is 48.4. The lowest BCUT2D eigenvalue weighted by molar-refractivity contribution is 0.569. The zero-order valence-electron chi connectivity index (χ0n) is 27.3. The maximum Gasteiger partial charge on any atom is 0.180 e. The van der Waals surface area contributed by atoms with Crippen LogP contribution >= 0.6 is 22.7 Å². The molecule has 1 aliphatic rings. The standard InChI is InChI=1S/C46H28N2OS2/c1-3-13-40-34(7-1)36-11-5-9-32(45(36)50-40)28-17-15-27(16-18-28)31-23-24-39-38(25-31)43-44(49-39)42(47-26-48-43)30-21-19-29(20-22-30)33-10-6-12-37-35-8-2-4-14-41(35)51-46(33)37/h1-22,24-26,31H,23H2. The minimum Gasteiger partial charge on any atom is -0.452 e. The van der Waals surface area contributed by atoms with Crippen LogP contribution in [0.3, 0.4) is 0 Å². The van der Waals surface area contributed by atoms with Gasteiger partial charge in [-0.3, -0.25) is 0 Å². The lowest BCUT2D eigenvalue weighted by Gasteiger charge is -2.14. The zero-order chi connectivity index (χ0) is 33.5. The Morgan fingerprint density at radius 3 is 1.76 bits per heavy atom. The molecule has 10 aromatic rings. The number of fused-ring (bicyclic) bond motifs is 9. The normalized spacial score (nSPS) is 14.3. The Kier molecular flexibility index (Phi) is 6.42. The van der Waals surface area contributed by atoms with Gasteiger partial charge in [-0.1, -0.05) is 127 Å². The van der Waals surface area contributed by atoms with E-state index in [0.29, 0.717) is 0 Å². The van der Waals surface area contributed by atoms with Crippen LogP contribution in [0.25, 0.3) is 97.1 Å². The lowest BCUT2D eigenvalue weighted by atomic mass is 9.90. The molecule has 0 aliphatic heterocycles. The van der Waals surface area contributed by atoms with E-state index in [4.69, 9.17) is 14.4 Å². The second-order valence-electron chi connectivity index (χ2n) is 13.3. The lowest BCUT2D eigenvalue weighted by Crippen LogP contribution is -2.25. The molecule has 0 amide bonds. The Bertz CT molecular complexity index is 3110. The van der Waals surface area contributed by atoms with E-state index in [1.807, 2.05) is 22.7 Å². The van der Waals surface area contributed by atoms with E-state index in [1.165, 1.54) is 68.2 Å². The molecule has 0 saturated carbocycles. The molecule has 1 atom stereocenters. The van der Waals surface area contributed by atoms with Crippen LogP contribution in [-0.4, -0.2) is 9.97 Å². The summed E-state index contributed by atoms with van der Waals surface area (Å²) in [5.41, 5.74) is 10.6. The molecular weight excluding hydrogens is 661 g/mol. The van der Waals surface area contributed by atoms with E-state index in [0.717, 1.165) is 39.4 Å². The third kappa shape index (κ3) is 4.55. The maximum absolute atomic E-state index is 6.50. The van der Waals surface area contributed by atoms with Gasteiger partial charge in [-0.15, -0.1) is 22.7 Å². The predicted molar refractivity (Wildman–Crippen MR) is 216 cm³/mol. The second-order valence-corrected chi connectivity index (χ2v) is 15.4. The molecule has 6 aromatic carbocycles. The first-order valence-corrected chi connectivity index (χ1v) is 18.9. The fourth-order valence-electron chi connectivity index (χ4n) is 7.86. The van der Waals surface area contributed by atoms with Crippen LogP contribution in [-0.2, 0) is 0 Å². The highest BCUT2D eigenvalue weighted by molar-refractivity contribution is 7.26. The monoisotopic (exact) mass is 688 g/mol. The second kappa shape index (κ2) is 11.3. The summed E-state index contributed by atoms with van der Waals surface area (Å²) in [4.78, 5) is 9.46. The first-order valence-electron chi connectivity index (χ1n) is 17.2. The quantitative estimate of drug-likeness (QED) is 0.185. The van der Waals surface area contributed by atoms with Crippen molar-refractivity contribution < 1.29 is 4.42 Å². The smallest absolute Gasteiger partial charge is 0.180 e. The minimum atomic E-state index is 0.238. The molecule has 1 unspecified atom stereocenters. The molecule has 4 heterocycles. The van der Waals surface area contributed by atoms with Crippen LogP contribution in [0.1, 0.15) is 17.9 Å². The van der Waals surface area contributed by atoms with Crippen molar-refractivity contribution in [1.82, 2.24) is 9.97 Å². The molecule has 3 nitrogen and oxygen atoms in total. The third-order valence-electron chi connectivity index (χ3n) is 10.4. The number of nitrogens with zero attached hydrogens (tertiary/aromatic N) is 2. The molecule has 0 N–H and O–H groups in total. The number of rotatable bonds is 4. The summed E-state index contributed by atoms with van der Waals surface area (Å²) >= 11 is 3.73. The molecule has 51 heavy (non-hydrogen) atoms. The van der Waals surface area contributed by atoms with E-state index in [9.17, 15) is 0 Å². The highest BCUT2D eigenvalue weighted by Gasteiger charge is 2.19. The van der Waals surface area contributed by atoms with Crippen molar-refractivity contribution in [2.24, 2.45) is 0 Å². The van der Waals surface area contributed by atoms with Crippen molar-refractivity contribution in [2.45, 2.75) is 12.3 Å². The first-order chi connectivity index (χ1) is 25.3. The summed E-state index contributed by atoms with van der Waals surface area (Å²) in [5.74, 6) is 0.238. The summed E-state index contributed by atoms with van der Waals surface area (Å²) in [5, 5.41) is 6.33. The SMILES string of the molecule is C1=c2oc3c(-c4ccc(-c5cccc6c5sc5ccccc56)cc4)ncnc3c2=CC(c2ccc(-c3cccc4c3sc3ccccc34)cc2)C1. The van der Waals surface area contributed by atoms with E-state index in [1.54, 1.807) is 6.33 Å². The molecule has 5 heteroatoms. The van der Waals surface area contributed by atoms with Crippen LogP contribution in [0, 0.1) is 0 Å². The Hall–Kier alpha value is -5.88. The van der Waals surface area contributed by atoms with E-state index in [-0.39, 0.29) is 5.92 Å². The van der Waals surface area contributed by atoms with Gasteiger partial charge >= 0.3 is 0 Å². The van der Waals surface area contributed by atoms with Gasteiger partial charge in [0.1, 0.15) is 23.0 Å². The average Bonchev–Trinajstić information content (AvgIpc) is 3.89. The Balaban J connectivity index is 0.928. The van der Waals surface area contributed by atoms with Gasteiger partial charge in [0.25, 0.3) is 0 Å². The van der Waals surface area contributed by atoms with Crippen LogP contribution in [0.15, 0.2) is 144 Å². The molecule has 0 radical (unpaired) electrons. The van der Waals surface area contributed by atoms with Gasteiger partial charge in [0, 0.05) is 57.0 Å². The van der Waals surface area contributed by atoms with Crippen LogP contribution in [0.4, 0.5) is 0 Å². The van der Waals surface area contributed by atoms with E-state index < -0.39 is 0 Å². The number of furan rings is 1. The predicted octanol–water partition coefficient (Wildman–Crippen LogP) is 11.7. The topological polar surface area (TPSA) is 38.9 Å². The highest BCUT2D eigenvalue weighted by Crippen LogP contribution is 2.42. The number of hydrogen-bond donors (Lipinski definition) is 0. The highest BCUT2D eigenvalue weighted by atomic mass is 32.1. The number of benzene rings is 6. The molecular formula is C46H28N2OS2. The van der Waals surface area contributed by atoms with Crippen molar-refractivity contribution >= 4 is 86.3 Å². The zero-order valence-corrected chi connectivity index (χ0v) is 29.0. The number of hydrogen-bond acceptors (Lipinski definition) is 5. The molecule has 0 spiro atoms. The van der Waals surface area contributed by atoms with Crippen molar-refractivity contribution in [3.05, 3.63) is 156 Å². The van der Waals surface area contributed by atoms with Gasteiger partial charge in [-0.05, 0) is 52.4 Å². The maximum atomic E-state index is 6.50. The van der Waals surface area contributed by atoms with E-state index in [2.05, 4.69) is 146 Å². The van der Waals surface area contributed by atoms with Gasteiger partial charge in [0.15, 0.2) is 5.58 Å². The minimum absolute atomic E-state index is 0.238. The summed E-state index contributed by atoms with van der Waals surface area (Å²) in [6.45, 7) is 0. The molecule has 11 rings (SSSR count). The molecule has 4 aromatic heterocycles. The molecule has 1 aliphatic carbocycles. The fourth-order valence-corrected chi connectivity index (χ4v) is 10.3. The van der Waals surface area contributed by atoms with Crippen molar-refractivity contribution in [3.63, 3.8) is 0 Å². The van der Waals surface area contributed by atoms with Gasteiger partial charge in [0.05, 0.1) is 0 Å². The Morgan fingerprint density at radius 1 is 0.549 bits per heavy atom. The summed E-state index contributed by atoms with van der Waals surface area (Å²) in [7, 11) is 0. The first kappa shape index (κ1) is 28.9. The Labute approximate surface area is 301 Å².